The maximum absolute atomic E-state index is 10.2. The SMILES string of the molecule is O=[N+]([O-])C(=C1N=CC=CN1)[N+](=O)[O-]. The summed E-state index contributed by atoms with van der Waals surface area (Å²) in [6, 6.07) is 0. The fraction of sp³-hybridized carbons (Fsp3) is 0. The summed E-state index contributed by atoms with van der Waals surface area (Å²) >= 11 is 0. The van der Waals surface area contributed by atoms with E-state index in [-0.39, 0.29) is 5.82 Å². The highest BCUT2D eigenvalue weighted by molar-refractivity contribution is 5.73. The Hall–Kier alpha value is -2.25. The Bertz CT molecular complexity index is 326. The first-order chi connectivity index (χ1) is 6.13. The van der Waals surface area contributed by atoms with Crippen LogP contribution in [0.2, 0.25) is 0 Å². The molecule has 8 nitrogen and oxygen atoms in total. The number of nitro groups is 2. The van der Waals surface area contributed by atoms with Gasteiger partial charge in [0.2, 0.25) is 0 Å². The van der Waals surface area contributed by atoms with Gasteiger partial charge in [0.05, 0.1) is 0 Å². The molecule has 0 spiro atoms. The van der Waals surface area contributed by atoms with Gasteiger partial charge in [-0.3, -0.25) is 20.2 Å². The average molecular weight is 184 g/mol. The summed E-state index contributed by atoms with van der Waals surface area (Å²) in [5.74, 6) is -1.54. The highest BCUT2D eigenvalue weighted by atomic mass is 16.7. The topological polar surface area (TPSA) is 111 Å². The van der Waals surface area contributed by atoms with Gasteiger partial charge in [-0.25, -0.2) is 4.99 Å². The van der Waals surface area contributed by atoms with Crippen LogP contribution in [0, 0.1) is 20.2 Å². The molecule has 0 aromatic heterocycles. The number of nitrogens with zero attached hydrogens (tertiary/aromatic N) is 3. The minimum Gasteiger partial charge on any atom is -0.335 e. The van der Waals surface area contributed by atoms with Gasteiger partial charge in [0.15, 0.2) is 0 Å². The molecule has 0 amide bonds. The second-order valence-corrected chi connectivity index (χ2v) is 1.97. The number of allylic oxidation sites excluding steroid dienone is 1. The molecule has 0 saturated heterocycles. The maximum atomic E-state index is 10.2. The number of rotatable bonds is 2. The molecule has 68 valence electrons. The largest absolute Gasteiger partial charge is 0.602 e. The van der Waals surface area contributed by atoms with E-state index in [1.807, 2.05) is 0 Å². The summed E-state index contributed by atoms with van der Waals surface area (Å²) in [4.78, 5) is 21.7. The van der Waals surface area contributed by atoms with Crippen molar-refractivity contribution in [3.8, 4) is 0 Å². The van der Waals surface area contributed by atoms with Crippen molar-refractivity contribution in [1.82, 2.24) is 5.32 Å². The first-order valence-electron chi connectivity index (χ1n) is 3.11. The average Bonchev–Trinajstić information content (AvgIpc) is 2.04. The second kappa shape index (κ2) is 3.43. The normalized spacial score (nSPS) is 13.7. The van der Waals surface area contributed by atoms with Crippen LogP contribution >= 0.6 is 0 Å². The predicted molar refractivity (Wildman–Crippen MR) is 41.8 cm³/mol. The Labute approximate surface area is 71.6 Å². The molecule has 0 atom stereocenters. The molecule has 0 aromatic rings. The monoisotopic (exact) mass is 184 g/mol. The third-order valence-corrected chi connectivity index (χ3v) is 1.16. The van der Waals surface area contributed by atoms with Gasteiger partial charge in [-0.15, -0.1) is 0 Å². The molecule has 0 bridgehead atoms. The van der Waals surface area contributed by atoms with Gasteiger partial charge in [0.25, 0.3) is 5.82 Å². The molecule has 1 aliphatic rings. The van der Waals surface area contributed by atoms with Crippen molar-refractivity contribution in [2.75, 3.05) is 0 Å². The summed E-state index contributed by atoms with van der Waals surface area (Å²) in [5.41, 5.74) is 0. The van der Waals surface area contributed by atoms with E-state index in [1.54, 1.807) is 0 Å². The smallest absolute Gasteiger partial charge is 0.335 e. The summed E-state index contributed by atoms with van der Waals surface area (Å²) in [6.45, 7) is 0. The van der Waals surface area contributed by atoms with Gasteiger partial charge in [0.1, 0.15) is 9.85 Å². The Kier molecular flexibility index (Phi) is 2.33. The summed E-state index contributed by atoms with van der Waals surface area (Å²) in [5, 5.41) is 22.7. The minimum atomic E-state index is -1.17. The van der Waals surface area contributed by atoms with E-state index in [0.29, 0.717) is 0 Å². The van der Waals surface area contributed by atoms with Crippen molar-refractivity contribution in [3.05, 3.63) is 44.1 Å². The van der Waals surface area contributed by atoms with Crippen LogP contribution < -0.4 is 5.32 Å². The van der Waals surface area contributed by atoms with E-state index in [2.05, 4.69) is 10.3 Å². The Balaban J connectivity index is 3.10. The third kappa shape index (κ3) is 1.86. The molecule has 0 fully saturated rings. The zero-order valence-electron chi connectivity index (χ0n) is 6.21. The van der Waals surface area contributed by atoms with Gasteiger partial charge < -0.3 is 5.32 Å². The molecule has 0 saturated carbocycles. The fourth-order valence-electron chi connectivity index (χ4n) is 0.687. The molecule has 8 heteroatoms. The Morgan fingerprint density at radius 2 is 2.00 bits per heavy atom. The van der Waals surface area contributed by atoms with Gasteiger partial charge in [-0.1, -0.05) is 0 Å². The Morgan fingerprint density at radius 1 is 1.38 bits per heavy atom. The lowest BCUT2D eigenvalue weighted by Gasteiger charge is -1.99. The molecule has 1 heterocycles. The van der Waals surface area contributed by atoms with Crippen LogP contribution in [-0.4, -0.2) is 16.1 Å². The van der Waals surface area contributed by atoms with Crippen molar-refractivity contribution in [3.63, 3.8) is 0 Å². The van der Waals surface area contributed by atoms with Crippen LogP contribution in [0.25, 0.3) is 0 Å². The van der Waals surface area contributed by atoms with E-state index in [9.17, 15) is 20.2 Å². The Morgan fingerprint density at radius 3 is 2.38 bits per heavy atom. The van der Waals surface area contributed by atoms with Crippen LogP contribution in [0.5, 0.6) is 0 Å². The first-order valence-corrected chi connectivity index (χ1v) is 3.11. The van der Waals surface area contributed by atoms with Crippen molar-refractivity contribution in [1.29, 1.82) is 0 Å². The predicted octanol–water partition coefficient (Wildman–Crippen LogP) is -0.146. The van der Waals surface area contributed by atoms with E-state index in [1.165, 1.54) is 18.5 Å². The number of hydrogen-bond acceptors (Lipinski definition) is 6. The van der Waals surface area contributed by atoms with Gasteiger partial charge in [-0.2, -0.15) is 0 Å². The van der Waals surface area contributed by atoms with Crippen molar-refractivity contribution >= 4 is 6.21 Å². The van der Waals surface area contributed by atoms with E-state index >= 15 is 0 Å². The zero-order chi connectivity index (χ0) is 9.84. The molecule has 0 aromatic carbocycles. The van der Waals surface area contributed by atoms with Gasteiger partial charge in [0, 0.05) is 12.4 Å². The van der Waals surface area contributed by atoms with Gasteiger partial charge >= 0.3 is 5.82 Å². The quantitative estimate of drug-likeness (QED) is 0.474. The molecule has 1 N–H and O–H groups in total. The van der Waals surface area contributed by atoms with E-state index in [4.69, 9.17) is 0 Å². The zero-order valence-corrected chi connectivity index (χ0v) is 6.21. The van der Waals surface area contributed by atoms with Crippen LogP contribution in [0.3, 0.4) is 0 Å². The van der Waals surface area contributed by atoms with Crippen molar-refractivity contribution in [2.45, 2.75) is 0 Å². The highest BCUT2D eigenvalue weighted by Gasteiger charge is 2.32. The van der Waals surface area contributed by atoms with Crippen molar-refractivity contribution in [2.24, 2.45) is 4.99 Å². The second-order valence-electron chi connectivity index (χ2n) is 1.97. The molecular formula is C5H4N4O4. The molecule has 13 heavy (non-hydrogen) atoms. The minimum absolute atomic E-state index is 0.377. The number of aliphatic imine (C=N–C) groups is 1. The third-order valence-electron chi connectivity index (χ3n) is 1.16. The van der Waals surface area contributed by atoms with Crippen LogP contribution in [0.1, 0.15) is 0 Å². The number of hydrogen-bond donors (Lipinski definition) is 1. The number of nitrogens with one attached hydrogen (secondary N) is 1. The summed E-state index contributed by atoms with van der Waals surface area (Å²) < 4.78 is 0. The molecular weight excluding hydrogens is 180 g/mol. The van der Waals surface area contributed by atoms with Gasteiger partial charge in [-0.05, 0) is 6.08 Å². The lowest BCUT2D eigenvalue weighted by molar-refractivity contribution is -0.617. The summed E-state index contributed by atoms with van der Waals surface area (Å²) in [7, 11) is 0. The van der Waals surface area contributed by atoms with Crippen LogP contribution in [-0.2, 0) is 0 Å². The van der Waals surface area contributed by atoms with Crippen LogP contribution in [0.4, 0.5) is 0 Å². The fourth-order valence-corrected chi connectivity index (χ4v) is 0.687. The molecule has 0 unspecified atom stereocenters. The molecule has 1 rings (SSSR count). The highest BCUT2D eigenvalue weighted by Crippen LogP contribution is 2.06. The standard InChI is InChI=1S/C5H4N4O4/c10-8(11)5(9(12)13)4-6-2-1-3-7-4/h1-3,6H. The lowest BCUT2D eigenvalue weighted by Crippen LogP contribution is -2.19. The van der Waals surface area contributed by atoms with E-state index in [0.717, 1.165) is 0 Å². The van der Waals surface area contributed by atoms with E-state index < -0.39 is 15.7 Å². The molecule has 0 aliphatic carbocycles. The first kappa shape index (κ1) is 8.84. The molecule has 1 aliphatic heterocycles. The summed E-state index contributed by atoms with van der Waals surface area (Å²) in [6.07, 6.45) is 4.00. The molecule has 0 radical (unpaired) electrons. The van der Waals surface area contributed by atoms with Crippen LogP contribution in [0.15, 0.2) is 28.9 Å². The lowest BCUT2D eigenvalue weighted by atomic mass is 10.5. The van der Waals surface area contributed by atoms with Crippen molar-refractivity contribution < 1.29 is 9.85 Å². The maximum Gasteiger partial charge on any atom is 0.602 e.